The van der Waals surface area contributed by atoms with Crippen LogP contribution in [0.2, 0.25) is 0 Å². The second kappa shape index (κ2) is 4.02. The Hall–Kier alpha value is -2.03. The molecule has 2 rings (SSSR count). The van der Waals surface area contributed by atoms with E-state index in [0.29, 0.717) is 0 Å². The van der Waals surface area contributed by atoms with Gasteiger partial charge in [0.15, 0.2) is 0 Å². The van der Waals surface area contributed by atoms with Crippen molar-refractivity contribution in [3.8, 4) is 0 Å². The summed E-state index contributed by atoms with van der Waals surface area (Å²) >= 11 is 0. The third-order valence-electron chi connectivity index (χ3n) is 2.77. The fourth-order valence-electron chi connectivity index (χ4n) is 1.69. The molecule has 9 heteroatoms. The number of H-pyrrole nitrogens is 1. The molecule has 1 heterocycles. The lowest BCUT2D eigenvalue weighted by Crippen LogP contribution is -2.36. The number of allylic oxidation sites excluding steroid dienone is 3. The Morgan fingerprint density at radius 3 is 2.83 bits per heavy atom. The van der Waals surface area contributed by atoms with E-state index in [1.165, 1.54) is 25.2 Å². The molecule has 0 bridgehead atoms. The maximum absolute atomic E-state index is 12.3. The summed E-state index contributed by atoms with van der Waals surface area (Å²) in [4.78, 5) is 13.7. The molecule has 0 amide bonds. The Labute approximate surface area is 102 Å². The summed E-state index contributed by atoms with van der Waals surface area (Å²) in [5.41, 5.74) is -0.150. The number of aromatic nitrogens is 3. The molecule has 1 aliphatic rings. The minimum Gasteiger partial charge on any atom is -0.259 e. The van der Waals surface area contributed by atoms with Gasteiger partial charge in [-0.05, 0) is 6.92 Å². The van der Waals surface area contributed by atoms with Gasteiger partial charge in [-0.3, -0.25) is 15.2 Å². The molecule has 18 heavy (non-hydrogen) atoms. The van der Waals surface area contributed by atoms with Gasteiger partial charge < -0.3 is 0 Å². The molecule has 1 atom stereocenters. The minimum atomic E-state index is -3.85. The van der Waals surface area contributed by atoms with Gasteiger partial charge in [0.1, 0.15) is 11.1 Å². The highest BCUT2D eigenvalue weighted by molar-refractivity contribution is 7.92. The van der Waals surface area contributed by atoms with Crippen LogP contribution in [-0.4, -0.2) is 33.3 Å². The van der Waals surface area contributed by atoms with Crippen LogP contribution in [0.4, 0.5) is 0 Å². The molecule has 96 valence electrons. The third kappa shape index (κ3) is 1.82. The van der Waals surface area contributed by atoms with E-state index in [1.54, 1.807) is 0 Å². The van der Waals surface area contributed by atoms with Crippen LogP contribution in [0.3, 0.4) is 0 Å². The first-order chi connectivity index (χ1) is 8.37. The highest BCUT2D eigenvalue weighted by atomic mass is 32.2. The van der Waals surface area contributed by atoms with Crippen molar-refractivity contribution in [2.24, 2.45) is 0 Å². The summed E-state index contributed by atoms with van der Waals surface area (Å²) in [5.74, 6) is 0. The van der Waals surface area contributed by atoms with Crippen molar-refractivity contribution in [3.05, 3.63) is 40.4 Å². The van der Waals surface area contributed by atoms with Crippen LogP contribution in [0, 0.1) is 10.1 Å². The van der Waals surface area contributed by atoms with Crippen molar-refractivity contribution < 1.29 is 13.3 Å². The Kier molecular flexibility index (Phi) is 2.77. The van der Waals surface area contributed by atoms with Gasteiger partial charge in [-0.1, -0.05) is 12.2 Å². The highest BCUT2D eigenvalue weighted by Crippen LogP contribution is 2.33. The molecule has 1 unspecified atom stereocenters. The smallest absolute Gasteiger partial charge is 0.248 e. The largest absolute Gasteiger partial charge is 0.259 e. The van der Waals surface area contributed by atoms with Gasteiger partial charge in [-0.15, -0.1) is 0 Å². The number of sulfone groups is 1. The van der Waals surface area contributed by atoms with E-state index < -0.39 is 19.5 Å². The third-order valence-corrected chi connectivity index (χ3v) is 4.98. The molecule has 0 radical (unpaired) electrons. The van der Waals surface area contributed by atoms with Crippen molar-refractivity contribution in [1.29, 1.82) is 0 Å². The quantitative estimate of drug-likeness (QED) is 0.629. The van der Waals surface area contributed by atoms with Crippen LogP contribution >= 0.6 is 0 Å². The lowest BCUT2D eigenvalue weighted by Gasteiger charge is -2.24. The Morgan fingerprint density at radius 2 is 2.28 bits per heavy atom. The van der Waals surface area contributed by atoms with Crippen LogP contribution < -0.4 is 0 Å². The van der Waals surface area contributed by atoms with Crippen molar-refractivity contribution >= 4 is 9.84 Å². The molecule has 1 N–H and O–H groups in total. The summed E-state index contributed by atoms with van der Waals surface area (Å²) in [7, 11) is -3.85. The lowest BCUT2D eigenvalue weighted by atomic mass is 10.00. The molecule has 0 saturated heterocycles. The van der Waals surface area contributed by atoms with Crippen molar-refractivity contribution in [2.75, 3.05) is 0 Å². The average molecular weight is 270 g/mol. The zero-order chi connectivity index (χ0) is 13.4. The average Bonchev–Trinajstić information content (AvgIpc) is 2.82. The van der Waals surface area contributed by atoms with Gasteiger partial charge in [-0.2, -0.15) is 5.10 Å². The van der Waals surface area contributed by atoms with Crippen LogP contribution in [0.15, 0.2) is 35.4 Å². The summed E-state index contributed by atoms with van der Waals surface area (Å²) in [6.45, 7) is 1.41. The molecule has 0 fully saturated rings. The molecule has 8 nitrogen and oxygen atoms in total. The van der Waals surface area contributed by atoms with Crippen LogP contribution in [-0.2, 0) is 9.84 Å². The molecule has 0 aromatic carbocycles. The predicted octanol–water partition coefficient (Wildman–Crippen LogP) is 0.458. The summed E-state index contributed by atoms with van der Waals surface area (Å²) < 4.78 is 23.2. The number of aromatic amines is 1. The maximum atomic E-state index is 12.3. The summed E-state index contributed by atoms with van der Waals surface area (Å²) in [5, 5.41) is 16.2. The molecule has 1 aromatic heterocycles. The number of nitro groups is 1. The first kappa shape index (κ1) is 12.4. The van der Waals surface area contributed by atoms with E-state index in [-0.39, 0.29) is 17.3 Å². The van der Waals surface area contributed by atoms with Crippen LogP contribution in [0.1, 0.15) is 13.3 Å². The second-order valence-electron chi connectivity index (χ2n) is 4.06. The predicted molar refractivity (Wildman–Crippen MR) is 60.8 cm³/mol. The summed E-state index contributed by atoms with van der Waals surface area (Å²) in [6.07, 6.45) is 4.94. The number of rotatable bonds is 3. The van der Waals surface area contributed by atoms with E-state index in [0.717, 1.165) is 6.33 Å². The topological polar surface area (TPSA) is 119 Å². The molecular weight excluding hydrogens is 260 g/mol. The number of nitrogens with one attached hydrogen (secondary N) is 1. The number of nitrogens with zero attached hydrogens (tertiary/aromatic N) is 3. The monoisotopic (exact) mass is 270 g/mol. The van der Waals surface area contributed by atoms with Gasteiger partial charge in [0.05, 0.1) is 11.3 Å². The fraction of sp³-hybridized carbons (Fsp3) is 0.333. The number of hydrogen-bond donors (Lipinski definition) is 1. The van der Waals surface area contributed by atoms with Gasteiger partial charge in [0, 0.05) is 6.08 Å². The van der Waals surface area contributed by atoms with Gasteiger partial charge >= 0.3 is 0 Å². The van der Waals surface area contributed by atoms with E-state index >= 15 is 0 Å². The zero-order valence-electron chi connectivity index (χ0n) is 9.40. The van der Waals surface area contributed by atoms with E-state index in [4.69, 9.17) is 0 Å². The Morgan fingerprint density at radius 1 is 1.56 bits per heavy atom. The lowest BCUT2D eigenvalue weighted by molar-refractivity contribution is -0.428. The van der Waals surface area contributed by atoms with E-state index in [1.807, 2.05) is 0 Å². The molecule has 1 aliphatic carbocycles. The van der Waals surface area contributed by atoms with Gasteiger partial charge in [0.25, 0.3) is 0 Å². The zero-order valence-corrected chi connectivity index (χ0v) is 10.2. The minimum absolute atomic E-state index is 0.150. The SMILES string of the molecule is CC1(S(=O)(=O)c2ncn[nH]2)C=CC=C([N+](=O)[O-])C1. The molecule has 0 aliphatic heterocycles. The fourth-order valence-corrected chi connectivity index (χ4v) is 3.09. The number of hydrogen-bond acceptors (Lipinski definition) is 6. The van der Waals surface area contributed by atoms with Crippen LogP contribution in [0.5, 0.6) is 0 Å². The Balaban J connectivity index is 2.44. The first-order valence-corrected chi connectivity index (χ1v) is 6.48. The van der Waals surface area contributed by atoms with Crippen molar-refractivity contribution in [2.45, 2.75) is 23.2 Å². The second-order valence-corrected chi connectivity index (χ2v) is 6.38. The highest BCUT2D eigenvalue weighted by Gasteiger charge is 2.44. The molecule has 0 saturated carbocycles. The van der Waals surface area contributed by atoms with Gasteiger partial charge in [-0.25, -0.2) is 13.4 Å². The molecule has 1 aromatic rings. The summed E-state index contributed by atoms with van der Waals surface area (Å²) in [6, 6.07) is 0. The maximum Gasteiger partial charge on any atom is 0.248 e. The van der Waals surface area contributed by atoms with Gasteiger partial charge in [0.2, 0.25) is 20.7 Å². The van der Waals surface area contributed by atoms with Crippen LogP contribution in [0.25, 0.3) is 0 Å². The standard InChI is InChI=1S/C9H10N4O4S/c1-9(4-2-3-7(5-9)13(14)15)18(16,17)8-10-6-11-12-8/h2-4,6H,5H2,1H3,(H,10,11,12). The van der Waals surface area contributed by atoms with Crippen molar-refractivity contribution in [1.82, 2.24) is 15.2 Å². The normalized spacial score (nSPS) is 23.7. The molecule has 0 spiro atoms. The Bertz CT molecular complexity index is 632. The first-order valence-electron chi connectivity index (χ1n) is 5.00. The molecular formula is C9H10N4O4S. The van der Waals surface area contributed by atoms with E-state index in [2.05, 4.69) is 15.2 Å². The van der Waals surface area contributed by atoms with Crippen molar-refractivity contribution in [3.63, 3.8) is 0 Å². The van der Waals surface area contributed by atoms with E-state index in [9.17, 15) is 18.5 Å².